The molecule has 3 heteroatoms. The summed E-state index contributed by atoms with van der Waals surface area (Å²) in [4.78, 5) is 6.96. The van der Waals surface area contributed by atoms with Crippen molar-refractivity contribution < 1.29 is 0 Å². The third-order valence-corrected chi connectivity index (χ3v) is 3.87. The lowest BCUT2D eigenvalue weighted by Crippen LogP contribution is -2.43. The Labute approximate surface area is 108 Å². The standard InChI is InChI=1S/C15H19N3/c1-11-3-4-13-10-17-15(9-14(13)12(11)2)18-7-5-16-6-8-18/h3-4,9-10,16H,5-8H2,1-2H3. The average Bonchev–Trinajstić information content (AvgIpc) is 2.44. The Balaban J connectivity index is 2.06. The number of aromatic nitrogens is 1. The van der Waals surface area contributed by atoms with Crippen LogP contribution < -0.4 is 10.2 Å². The summed E-state index contributed by atoms with van der Waals surface area (Å²) in [5.41, 5.74) is 2.71. The van der Waals surface area contributed by atoms with Crippen LogP contribution in [0.1, 0.15) is 11.1 Å². The lowest BCUT2D eigenvalue weighted by atomic mass is 10.0. The molecule has 0 bridgehead atoms. The summed E-state index contributed by atoms with van der Waals surface area (Å²) in [6.45, 7) is 8.55. The second-order valence-corrected chi connectivity index (χ2v) is 5.01. The van der Waals surface area contributed by atoms with Gasteiger partial charge in [-0.25, -0.2) is 4.98 Å². The molecule has 1 saturated heterocycles. The van der Waals surface area contributed by atoms with Gasteiger partial charge < -0.3 is 10.2 Å². The minimum Gasteiger partial charge on any atom is -0.354 e. The molecule has 94 valence electrons. The van der Waals surface area contributed by atoms with Gasteiger partial charge in [0.05, 0.1) is 0 Å². The summed E-state index contributed by atoms with van der Waals surface area (Å²) in [6, 6.07) is 6.57. The number of hydrogen-bond acceptors (Lipinski definition) is 3. The van der Waals surface area contributed by atoms with Crippen molar-refractivity contribution in [3.8, 4) is 0 Å². The maximum absolute atomic E-state index is 4.60. The van der Waals surface area contributed by atoms with E-state index in [0.717, 1.165) is 32.0 Å². The number of rotatable bonds is 1. The Morgan fingerprint density at radius 1 is 1.17 bits per heavy atom. The number of fused-ring (bicyclic) bond motifs is 1. The lowest BCUT2D eigenvalue weighted by molar-refractivity contribution is 0.585. The largest absolute Gasteiger partial charge is 0.354 e. The molecule has 0 atom stereocenters. The highest BCUT2D eigenvalue weighted by atomic mass is 15.2. The first-order valence-corrected chi connectivity index (χ1v) is 6.57. The van der Waals surface area contributed by atoms with Crippen LogP contribution in [-0.2, 0) is 0 Å². The maximum atomic E-state index is 4.60. The van der Waals surface area contributed by atoms with E-state index in [1.54, 1.807) is 0 Å². The van der Waals surface area contributed by atoms with E-state index in [1.807, 2.05) is 6.20 Å². The van der Waals surface area contributed by atoms with Crippen molar-refractivity contribution in [2.24, 2.45) is 0 Å². The molecule has 0 spiro atoms. The molecule has 2 aromatic rings. The molecule has 1 aromatic heterocycles. The summed E-state index contributed by atoms with van der Waals surface area (Å²) in [7, 11) is 0. The van der Waals surface area contributed by atoms with E-state index in [1.165, 1.54) is 21.9 Å². The second kappa shape index (κ2) is 4.58. The number of nitrogens with one attached hydrogen (secondary N) is 1. The maximum Gasteiger partial charge on any atom is 0.129 e. The van der Waals surface area contributed by atoms with Gasteiger partial charge in [0.1, 0.15) is 5.82 Å². The van der Waals surface area contributed by atoms with E-state index in [0.29, 0.717) is 0 Å². The van der Waals surface area contributed by atoms with Gasteiger partial charge in [-0.15, -0.1) is 0 Å². The molecule has 0 aliphatic carbocycles. The molecular formula is C15H19N3. The highest BCUT2D eigenvalue weighted by Gasteiger charge is 2.12. The van der Waals surface area contributed by atoms with Gasteiger partial charge in [-0.3, -0.25) is 0 Å². The molecular weight excluding hydrogens is 222 g/mol. The van der Waals surface area contributed by atoms with Gasteiger partial charge >= 0.3 is 0 Å². The number of hydrogen-bond donors (Lipinski definition) is 1. The van der Waals surface area contributed by atoms with Gasteiger partial charge in [-0.1, -0.05) is 12.1 Å². The van der Waals surface area contributed by atoms with Gasteiger partial charge in [-0.05, 0) is 36.4 Å². The summed E-state index contributed by atoms with van der Waals surface area (Å²) in [6.07, 6.45) is 2.00. The minimum atomic E-state index is 1.05. The molecule has 1 aliphatic heterocycles. The van der Waals surface area contributed by atoms with Crippen LogP contribution >= 0.6 is 0 Å². The molecule has 1 N–H and O–H groups in total. The van der Waals surface area contributed by atoms with E-state index in [-0.39, 0.29) is 0 Å². The van der Waals surface area contributed by atoms with Crippen LogP contribution in [0.25, 0.3) is 10.8 Å². The molecule has 2 heterocycles. The SMILES string of the molecule is Cc1ccc2cnc(N3CCNCC3)cc2c1C. The molecule has 3 rings (SSSR count). The smallest absolute Gasteiger partial charge is 0.129 e. The summed E-state index contributed by atoms with van der Waals surface area (Å²) in [5.74, 6) is 1.11. The third-order valence-electron chi connectivity index (χ3n) is 3.87. The van der Waals surface area contributed by atoms with Crippen LogP contribution in [0.3, 0.4) is 0 Å². The Morgan fingerprint density at radius 2 is 1.94 bits per heavy atom. The first-order chi connectivity index (χ1) is 8.75. The monoisotopic (exact) mass is 241 g/mol. The number of aryl methyl sites for hydroxylation is 2. The zero-order valence-electron chi connectivity index (χ0n) is 11.0. The van der Waals surface area contributed by atoms with E-state index < -0.39 is 0 Å². The fourth-order valence-corrected chi connectivity index (χ4v) is 2.53. The highest BCUT2D eigenvalue weighted by Crippen LogP contribution is 2.24. The Bertz CT molecular complexity index is 571. The van der Waals surface area contributed by atoms with E-state index in [2.05, 4.69) is 47.2 Å². The Kier molecular flexibility index (Phi) is 2.92. The van der Waals surface area contributed by atoms with Gasteiger partial charge in [0.15, 0.2) is 0 Å². The zero-order valence-corrected chi connectivity index (χ0v) is 11.0. The number of pyridine rings is 1. The van der Waals surface area contributed by atoms with Crippen molar-refractivity contribution in [2.75, 3.05) is 31.1 Å². The van der Waals surface area contributed by atoms with E-state index in [4.69, 9.17) is 0 Å². The normalized spacial score (nSPS) is 16.2. The predicted octanol–water partition coefficient (Wildman–Crippen LogP) is 2.26. The van der Waals surface area contributed by atoms with Crippen LogP contribution in [0.5, 0.6) is 0 Å². The number of benzene rings is 1. The van der Waals surface area contributed by atoms with Crippen molar-refractivity contribution in [1.82, 2.24) is 10.3 Å². The first kappa shape index (κ1) is 11.5. The van der Waals surface area contributed by atoms with Crippen LogP contribution in [0.15, 0.2) is 24.4 Å². The molecule has 0 amide bonds. The van der Waals surface area contributed by atoms with Gasteiger partial charge in [-0.2, -0.15) is 0 Å². The predicted molar refractivity (Wildman–Crippen MR) is 76.3 cm³/mol. The van der Waals surface area contributed by atoms with Crippen molar-refractivity contribution in [3.05, 3.63) is 35.5 Å². The first-order valence-electron chi connectivity index (χ1n) is 6.57. The fourth-order valence-electron chi connectivity index (χ4n) is 2.53. The van der Waals surface area contributed by atoms with Crippen LogP contribution in [0.4, 0.5) is 5.82 Å². The third kappa shape index (κ3) is 1.95. The van der Waals surface area contributed by atoms with Crippen molar-refractivity contribution in [3.63, 3.8) is 0 Å². The Hall–Kier alpha value is -1.61. The molecule has 0 unspecified atom stereocenters. The summed E-state index contributed by atoms with van der Waals surface area (Å²) in [5, 5.41) is 5.94. The molecule has 18 heavy (non-hydrogen) atoms. The Morgan fingerprint density at radius 3 is 2.72 bits per heavy atom. The summed E-state index contributed by atoms with van der Waals surface area (Å²) < 4.78 is 0. The summed E-state index contributed by atoms with van der Waals surface area (Å²) >= 11 is 0. The molecule has 1 aromatic carbocycles. The van der Waals surface area contributed by atoms with Gasteiger partial charge in [0, 0.05) is 37.8 Å². The molecule has 3 nitrogen and oxygen atoms in total. The van der Waals surface area contributed by atoms with Crippen molar-refractivity contribution in [2.45, 2.75) is 13.8 Å². The minimum absolute atomic E-state index is 1.05. The fraction of sp³-hybridized carbons (Fsp3) is 0.400. The van der Waals surface area contributed by atoms with E-state index in [9.17, 15) is 0 Å². The number of piperazine rings is 1. The van der Waals surface area contributed by atoms with E-state index >= 15 is 0 Å². The molecule has 1 fully saturated rings. The van der Waals surface area contributed by atoms with Crippen LogP contribution in [0.2, 0.25) is 0 Å². The molecule has 0 saturated carbocycles. The quantitative estimate of drug-likeness (QED) is 0.830. The van der Waals surface area contributed by atoms with Crippen molar-refractivity contribution >= 4 is 16.6 Å². The van der Waals surface area contributed by atoms with Crippen molar-refractivity contribution in [1.29, 1.82) is 0 Å². The van der Waals surface area contributed by atoms with Gasteiger partial charge in [0.25, 0.3) is 0 Å². The molecule has 1 aliphatic rings. The molecule has 0 radical (unpaired) electrons. The van der Waals surface area contributed by atoms with Crippen LogP contribution in [-0.4, -0.2) is 31.2 Å². The number of anilines is 1. The zero-order chi connectivity index (χ0) is 12.5. The highest BCUT2D eigenvalue weighted by molar-refractivity contribution is 5.88. The number of nitrogens with zero attached hydrogens (tertiary/aromatic N) is 2. The second-order valence-electron chi connectivity index (χ2n) is 5.01. The topological polar surface area (TPSA) is 28.2 Å². The lowest BCUT2D eigenvalue weighted by Gasteiger charge is -2.28. The van der Waals surface area contributed by atoms with Crippen LogP contribution in [0, 0.1) is 13.8 Å². The van der Waals surface area contributed by atoms with Gasteiger partial charge in [0.2, 0.25) is 0 Å². The average molecular weight is 241 g/mol.